The van der Waals surface area contributed by atoms with Gasteiger partial charge in [-0.25, -0.2) is 13.1 Å². The Labute approximate surface area is 151 Å². The maximum atomic E-state index is 12.1. The average molecular weight is 377 g/mol. The minimum atomic E-state index is -3.35. The molecule has 0 aliphatic carbocycles. The molecule has 0 aromatic rings. The molecule has 2 heterocycles. The first-order valence-electron chi connectivity index (χ1n) is 9.30. The predicted octanol–water partition coefficient (Wildman–Crippen LogP) is -0.103. The zero-order valence-electron chi connectivity index (χ0n) is 15.1. The van der Waals surface area contributed by atoms with Crippen molar-refractivity contribution in [1.29, 1.82) is 0 Å². The number of ether oxygens (including phenoxy) is 1. The molecular formula is C16H32N4O4S. The molecule has 25 heavy (non-hydrogen) atoms. The topological polar surface area (TPSA) is 103 Å². The molecule has 0 radical (unpaired) electrons. The monoisotopic (exact) mass is 376 g/mol. The Kier molecular flexibility index (Phi) is 8.41. The van der Waals surface area contributed by atoms with Crippen molar-refractivity contribution in [1.82, 2.24) is 14.9 Å². The molecule has 9 heteroatoms. The molecule has 0 bridgehead atoms. The van der Waals surface area contributed by atoms with E-state index in [4.69, 9.17) is 4.74 Å². The summed E-state index contributed by atoms with van der Waals surface area (Å²) >= 11 is 0. The summed E-state index contributed by atoms with van der Waals surface area (Å²) in [5, 5.41) is 12.8. The average Bonchev–Trinajstić information content (AvgIpc) is 2.61. The number of nitrogens with one attached hydrogen (secondary N) is 2. The smallest absolute Gasteiger partial charge is 0.213 e. The Bertz CT molecular complexity index is 512. The van der Waals surface area contributed by atoms with Gasteiger partial charge in [0.15, 0.2) is 5.96 Å². The van der Waals surface area contributed by atoms with Gasteiger partial charge in [-0.05, 0) is 39.0 Å². The van der Waals surface area contributed by atoms with Gasteiger partial charge in [-0.2, -0.15) is 0 Å². The van der Waals surface area contributed by atoms with E-state index >= 15 is 0 Å². The Hall–Kier alpha value is -0.900. The first kappa shape index (κ1) is 20.4. The van der Waals surface area contributed by atoms with Gasteiger partial charge in [0.25, 0.3) is 0 Å². The first-order chi connectivity index (χ1) is 12.0. The van der Waals surface area contributed by atoms with Crippen molar-refractivity contribution < 1.29 is 18.3 Å². The van der Waals surface area contributed by atoms with Crippen LogP contribution in [0, 0.1) is 0 Å². The van der Waals surface area contributed by atoms with Crippen LogP contribution in [0.4, 0.5) is 0 Å². The van der Waals surface area contributed by atoms with Crippen LogP contribution in [0.25, 0.3) is 0 Å². The zero-order valence-corrected chi connectivity index (χ0v) is 15.9. The largest absolute Gasteiger partial charge is 0.393 e. The molecule has 1 atom stereocenters. The van der Waals surface area contributed by atoms with Crippen molar-refractivity contribution in [2.45, 2.75) is 51.2 Å². The Morgan fingerprint density at radius 1 is 1.28 bits per heavy atom. The number of nitrogens with zero attached hydrogens (tertiary/aromatic N) is 2. The van der Waals surface area contributed by atoms with Gasteiger partial charge in [0.1, 0.15) is 0 Å². The summed E-state index contributed by atoms with van der Waals surface area (Å²) in [6, 6.07) is 0. The third-order valence-corrected chi connectivity index (χ3v) is 5.85. The molecule has 0 saturated carbocycles. The fourth-order valence-corrected chi connectivity index (χ4v) is 3.95. The van der Waals surface area contributed by atoms with Crippen molar-refractivity contribution in [3.05, 3.63) is 0 Å². The van der Waals surface area contributed by atoms with Gasteiger partial charge >= 0.3 is 0 Å². The highest BCUT2D eigenvalue weighted by Gasteiger charge is 2.20. The summed E-state index contributed by atoms with van der Waals surface area (Å²) in [4.78, 5) is 6.52. The van der Waals surface area contributed by atoms with E-state index in [1.165, 1.54) is 0 Å². The number of likely N-dealkylation sites (tertiary alicyclic amines) is 1. The number of rotatable bonds is 7. The molecule has 146 valence electrons. The van der Waals surface area contributed by atoms with Crippen molar-refractivity contribution >= 4 is 16.0 Å². The van der Waals surface area contributed by atoms with E-state index in [0.717, 1.165) is 44.9 Å². The second-order valence-corrected chi connectivity index (χ2v) is 8.54. The lowest BCUT2D eigenvalue weighted by atomic mass is 10.1. The quantitative estimate of drug-likeness (QED) is 0.423. The van der Waals surface area contributed by atoms with Crippen LogP contribution in [0.1, 0.15) is 39.0 Å². The van der Waals surface area contributed by atoms with Crippen LogP contribution in [0.2, 0.25) is 0 Å². The van der Waals surface area contributed by atoms with Gasteiger partial charge in [0, 0.05) is 32.8 Å². The number of hydrogen-bond acceptors (Lipinski definition) is 5. The first-order valence-corrected chi connectivity index (χ1v) is 11.0. The van der Waals surface area contributed by atoms with Crippen molar-refractivity contribution in [3.8, 4) is 0 Å². The van der Waals surface area contributed by atoms with Gasteiger partial charge in [-0.15, -0.1) is 0 Å². The van der Waals surface area contributed by atoms with Gasteiger partial charge in [-0.1, -0.05) is 0 Å². The standard InChI is InChI=1S/C16H32N4O4S/c1-2-17-16(20-9-6-14(21)7-10-20)18-8-12-25(22,23)19-13-15-5-3-4-11-24-15/h14-15,19,21H,2-13H2,1H3,(H,17,18). The number of sulfonamides is 1. The number of hydrogen-bond donors (Lipinski definition) is 3. The molecule has 0 aromatic heterocycles. The number of aliphatic imine (C=N–C) groups is 1. The molecule has 2 aliphatic heterocycles. The molecule has 8 nitrogen and oxygen atoms in total. The third kappa shape index (κ3) is 7.47. The van der Waals surface area contributed by atoms with E-state index < -0.39 is 10.0 Å². The number of piperidine rings is 1. The second-order valence-electron chi connectivity index (χ2n) is 6.61. The van der Waals surface area contributed by atoms with Crippen LogP contribution >= 0.6 is 0 Å². The molecule has 0 amide bonds. The van der Waals surface area contributed by atoms with Crippen LogP contribution < -0.4 is 10.0 Å². The Morgan fingerprint density at radius 2 is 2.04 bits per heavy atom. The number of aliphatic hydroxyl groups excluding tert-OH is 1. The van der Waals surface area contributed by atoms with E-state index in [-0.39, 0.29) is 24.5 Å². The predicted molar refractivity (Wildman–Crippen MR) is 98.2 cm³/mol. The SMILES string of the molecule is CCNC(=NCCS(=O)(=O)NCC1CCCCO1)N1CCC(O)CC1. The molecule has 1 unspecified atom stereocenters. The number of guanidine groups is 1. The zero-order chi connectivity index (χ0) is 18.1. The van der Waals surface area contributed by atoms with E-state index in [9.17, 15) is 13.5 Å². The van der Waals surface area contributed by atoms with Gasteiger partial charge in [0.05, 0.1) is 24.5 Å². The highest BCUT2D eigenvalue weighted by molar-refractivity contribution is 7.89. The summed E-state index contributed by atoms with van der Waals surface area (Å²) in [5.41, 5.74) is 0. The fraction of sp³-hybridized carbons (Fsp3) is 0.938. The van der Waals surface area contributed by atoms with Gasteiger partial charge in [-0.3, -0.25) is 4.99 Å². The number of aliphatic hydroxyl groups is 1. The Balaban J connectivity index is 1.78. The summed E-state index contributed by atoms with van der Waals surface area (Å²) in [6.45, 7) is 5.44. The van der Waals surface area contributed by atoms with Gasteiger partial charge in [0.2, 0.25) is 10.0 Å². The van der Waals surface area contributed by atoms with E-state index in [1.54, 1.807) is 0 Å². The molecular weight excluding hydrogens is 344 g/mol. The van der Waals surface area contributed by atoms with E-state index in [2.05, 4.69) is 19.9 Å². The van der Waals surface area contributed by atoms with E-state index in [0.29, 0.717) is 26.0 Å². The van der Waals surface area contributed by atoms with Crippen LogP contribution in [0.15, 0.2) is 4.99 Å². The third-order valence-electron chi connectivity index (χ3n) is 4.53. The molecule has 2 saturated heterocycles. The maximum Gasteiger partial charge on any atom is 0.213 e. The highest BCUT2D eigenvalue weighted by Crippen LogP contribution is 2.12. The summed E-state index contributed by atoms with van der Waals surface area (Å²) in [6.07, 6.45) is 4.23. The summed E-state index contributed by atoms with van der Waals surface area (Å²) in [7, 11) is -3.35. The van der Waals surface area contributed by atoms with Crippen LogP contribution in [-0.4, -0.2) is 81.7 Å². The highest BCUT2D eigenvalue weighted by atomic mass is 32.2. The molecule has 2 rings (SSSR count). The van der Waals surface area contributed by atoms with Crippen LogP contribution in [0.3, 0.4) is 0 Å². The molecule has 2 fully saturated rings. The van der Waals surface area contributed by atoms with Gasteiger partial charge < -0.3 is 20.1 Å². The van der Waals surface area contributed by atoms with Crippen molar-refractivity contribution in [3.63, 3.8) is 0 Å². The summed E-state index contributed by atoms with van der Waals surface area (Å²) < 4.78 is 32.4. The Morgan fingerprint density at radius 3 is 2.68 bits per heavy atom. The lowest BCUT2D eigenvalue weighted by Gasteiger charge is -2.32. The lowest BCUT2D eigenvalue weighted by Crippen LogP contribution is -2.46. The summed E-state index contributed by atoms with van der Waals surface area (Å²) in [5.74, 6) is 0.686. The molecule has 2 aliphatic rings. The van der Waals surface area contributed by atoms with Crippen molar-refractivity contribution in [2.24, 2.45) is 4.99 Å². The molecule has 0 spiro atoms. The van der Waals surface area contributed by atoms with Crippen molar-refractivity contribution in [2.75, 3.05) is 45.1 Å². The van der Waals surface area contributed by atoms with E-state index in [1.807, 2.05) is 6.92 Å². The van der Waals surface area contributed by atoms with Crippen LogP contribution in [-0.2, 0) is 14.8 Å². The molecule has 0 aromatic carbocycles. The fourth-order valence-electron chi connectivity index (χ4n) is 3.04. The minimum Gasteiger partial charge on any atom is -0.393 e. The second kappa shape index (κ2) is 10.3. The normalized spacial score (nSPS) is 23.7. The molecule has 3 N–H and O–H groups in total. The van der Waals surface area contributed by atoms with Crippen LogP contribution in [0.5, 0.6) is 0 Å². The lowest BCUT2D eigenvalue weighted by molar-refractivity contribution is 0.0200. The maximum absolute atomic E-state index is 12.1. The minimum absolute atomic E-state index is 0.0101.